The molecule has 2 heterocycles. The lowest BCUT2D eigenvalue weighted by atomic mass is 10.1. The zero-order valence-corrected chi connectivity index (χ0v) is 16.4. The van der Waals surface area contributed by atoms with Crippen molar-refractivity contribution in [2.75, 3.05) is 6.61 Å². The standard InChI is InChI=1S/C22H18N2O6/c1-3-28-22(27)19-16(13-8-6-7-11-17(13)30-19)12-29-21(26)18-14-9-4-5-10-15(14)20(25)24(2)23-18/h4-11H,3,12H2,1-2H3. The van der Waals surface area contributed by atoms with Crippen LogP contribution in [0.15, 0.2) is 57.7 Å². The van der Waals surface area contributed by atoms with Crippen molar-refractivity contribution in [1.82, 2.24) is 9.78 Å². The Bertz CT molecular complexity index is 1330. The highest BCUT2D eigenvalue weighted by atomic mass is 16.5. The summed E-state index contributed by atoms with van der Waals surface area (Å²) in [6.45, 7) is 1.66. The van der Waals surface area contributed by atoms with Gasteiger partial charge in [0.15, 0.2) is 5.69 Å². The third-order valence-corrected chi connectivity index (χ3v) is 4.66. The van der Waals surface area contributed by atoms with Gasteiger partial charge in [-0.3, -0.25) is 4.79 Å². The van der Waals surface area contributed by atoms with Crippen molar-refractivity contribution < 1.29 is 23.5 Å². The summed E-state index contributed by atoms with van der Waals surface area (Å²) in [4.78, 5) is 37.4. The molecule has 0 bridgehead atoms. The van der Waals surface area contributed by atoms with Crippen molar-refractivity contribution in [3.05, 3.63) is 75.9 Å². The molecular formula is C22H18N2O6. The highest BCUT2D eigenvalue weighted by Gasteiger charge is 2.24. The Balaban J connectivity index is 1.70. The predicted molar refractivity (Wildman–Crippen MR) is 108 cm³/mol. The van der Waals surface area contributed by atoms with Crippen molar-refractivity contribution in [2.24, 2.45) is 7.05 Å². The first-order valence-corrected chi connectivity index (χ1v) is 9.32. The minimum atomic E-state index is -0.720. The summed E-state index contributed by atoms with van der Waals surface area (Å²) in [6.07, 6.45) is 0. The molecule has 0 fully saturated rings. The molecule has 4 rings (SSSR count). The van der Waals surface area contributed by atoms with Gasteiger partial charge in [0.1, 0.15) is 12.2 Å². The minimum Gasteiger partial charge on any atom is -0.460 e. The van der Waals surface area contributed by atoms with Crippen LogP contribution in [0.25, 0.3) is 21.7 Å². The van der Waals surface area contributed by atoms with Gasteiger partial charge in [-0.1, -0.05) is 36.4 Å². The largest absolute Gasteiger partial charge is 0.460 e. The number of hydrogen-bond donors (Lipinski definition) is 0. The fraction of sp³-hybridized carbons (Fsp3) is 0.182. The molecule has 2 aromatic carbocycles. The van der Waals surface area contributed by atoms with Crippen molar-refractivity contribution >= 4 is 33.7 Å². The van der Waals surface area contributed by atoms with Crippen molar-refractivity contribution in [3.8, 4) is 0 Å². The van der Waals surface area contributed by atoms with Crippen LogP contribution in [0.5, 0.6) is 0 Å². The van der Waals surface area contributed by atoms with E-state index >= 15 is 0 Å². The first-order chi connectivity index (χ1) is 14.5. The van der Waals surface area contributed by atoms with Crippen molar-refractivity contribution in [2.45, 2.75) is 13.5 Å². The fourth-order valence-electron chi connectivity index (χ4n) is 3.26. The molecule has 0 unspecified atom stereocenters. The van der Waals surface area contributed by atoms with Gasteiger partial charge in [0, 0.05) is 17.8 Å². The number of esters is 2. The van der Waals surface area contributed by atoms with Gasteiger partial charge in [0.25, 0.3) is 5.56 Å². The number of carbonyl (C=O) groups excluding carboxylic acids is 2. The number of ether oxygens (including phenoxy) is 2. The number of rotatable bonds is 5. The second kappa shape index (κ2) is 7.82. The number of aryl methyl sites for hydroxylation is 1. The van der Waals surface area contributed by atoms with Crippen LogP contribution in [0, 0.1) is 0 Å². The number of aromatic nitrogens is 2. The zero-order valence-electron chi connectivity index (χ0n) is 16.4. The number of fused-ring (bicyclic) bond motifs is 2. The van der Waals surface area contributed by atoms with Gasteiger partial charge in [-0.05, 0) is 19.1 Å². The Kier molecular flexibility index (Phi) is 5.05. The number of furan rings is 1. The molecule has 0 N–H and O–H groups in total. The van der Waals surface area contributed by atoms with Crippen LogP contribution < -0.4 is 5.56 Å². The molecule has 0 aliphatic carbocycles. The van der Waals surface area contributed by atoms with E-state index in [9.17, 15) is 14.4 Å². The first-order valence-electron chi connectivity index (χ1n) is 9.32. The molecule has 8 nitrogen and oxygen atoms in total. The normalized spacial score (nSPS) is 11.0. The van der Waals surface area contributed by atoms with Gasteiger partial charge >= 0.3 is 11.9 Å². The van der Waals surface area contributed by atoms with E-state index in [-0.39, 0.29) is 30.2 Å². The van der Waals surface area contributed by atoms with E-state index in [1.54, 1.807) is 55.5 Å². The topological polar surface area (TPSA) is 101 Å². The molecule has 0 amide bonds. The van der Waals surface area contributed by atoms with Crippen LogP contribution in [-0.2, 0) is 23.1 Å². The quantitative estimate of drug-likeness (QED) is 0.469. The molecule has 0 saturated heterocycles. The molecular weight excluding hydrogens is 388 g/mol. The summed E-state index contributed by atoms with van der Waals surface area (Å²) < 4.78 is 17.2. The van der Waals surface area contributed by atoms with Gasteiger partial charge < -0.3 is 13.9 Å². The maximum Gasteiger partial charge on any atom is 0.374 e. The van der Waals surface area contributed by atoms with Gasteiger partial charge in [-0.2, -0.15) is 5.10 Å². The summed E-state index contributed by atoms with van der Waals surface area (Å²) in [5.74, 6) is -1.36. The van der Waals surface area contributed by atoms with Gasteiger partial charge in [0.2, 0.25) is 5.76 Å². The van der Waals surface area contributed by atoms with Crippen LogP contribution in [0.4, 0.5) is 0 Å². The molecule has 8 heteroatoms. The number of benzene rings is 2. The second-order valence-corrected chi connectivity index (χ2v) is 6.53. The Morgan fingerprint density at radius 3 is 2.37 bits per heavy atom. The molecule has 0 saturated carbocycles. The molecule has 152 valence electrons. The van der Waals surface area contributed by atoms with Gasteiger partial charge in [-0.25, -0.2) is 14.3 Å². The Morgan fingerprint density at radius 1 is 0.967 bits per heavy atom. The monoisotopic (exact) mass is 406 g/mol. The Labute approximate surface area is 170 Å². The highest BCUT2D eigenvalue weighted by Crippen LogP contribution is 2.27. The second-order valence-electron chi connectivity index (χ2n) is 6.53. The van der Waals surface area contributed by atoms with E-state index in [1.165, 1.54) is 7.05 Å². The van der Waals surface area contributed by atoms with Crippen LogP contribution in [0.1, 0.15) is 33.5 Å². The first kappa shape index (κ1) is 19.4. The zero-order chi connectivity index (χ0) is 21.3. The van der Waals surface area contributed by atoms with Crippen LogP contribution in [0.3, 0.4) is 0 Å². The minimum absolute atomic E-state index is 0.0101. The third kappa shape index (κ3) is 3.32. The number of carbonyl (C=O) groups is 2. The summed E-state index contributed by atoms with van der Waals surface area (Å²) in [5.41, 5.74) is 0.592. The third-order valence-electron chi connectivity index (χ3n) is 4.66. The average Bonchev–Trinajstić information content (AvgIpc) is 3.13. The highest BCUT2D eigenvalue weighted by molar-refractivity contribution is 6.02. The number of nitrogens with zero attached hydrogens (tertiary/aromatic N) is 2. The van der Waals surface area contributed by atoms with E-state index in [2.05, 4.69) is 5.10 Å². The van der Waals surface area contributed by atoms with Crippen molar-refractivity contribution in [1.29, 1.82) is 0 Å². The molecule has 0 spiro atoms. The van der Waals surface area contributed by atoms with E-state index in [0.29, 0.717) is 27.3 Å². The van der Waals surface area contributed by atoms with E-state index in [1.807, 2.05) is 0 Å². The van der Waals surface area contributed by atoms with E-state index < -0.39 is 11.9 Å². The predicted octanol–water partition coefficient (Wildman–Crippen LogP) is 3.21. The van der Waals surface area contributed by atoms with E-state index in [0.717, 1.165) is 4.68 Å². The Hall–Kier alpha value is -3.94. The molecule has 2 aromatic heterocycles. The molecule has 0 aliphatic heterocycles. The van der Waals surface area contributed by atoms with Crippen LogP contribution in [-0.4, -0.2) is 28.3 Å². The maximum absolute atomic E-state index is 12.8. The Morgan fingerprint density at radius 2 is 1.63 bits per heavy atom. The van der Waals surface area contributed by atoms with Crippen LogP contribution in [0.2, 0.25) is 0 Å². The lowest BCUT2D eigenvalue weighted by Crippen LogP contribution is -2.23. The maximum atomic E-state index is 12.8. The van der Waals surface area contributed by atoms with Crippen LogP contribution >= 0.6 is 0 Å². The molecule has 0 radical (unpaired) electrons. The van der Waals surface area contributed by atoms with E-state index in [4.69, 9.17) is 13.9 Å². The SMILES string of the molecule is CCOC(=O)c1oc2ccccc2c1COC(=O)c1nn(C)c(=O)c2ccccc12. The summed E-state index contributed by atoms with van der Waals surface area (Å²) in [5, 5.41) is 5.47. The van der Waals surface area contributed by atoms with Gasteiger partial charge in [0.05, 0.1) is 17.6 Å². The lowest BCUT2D eigenvalue weighted by molar-refractivity contribution is 0.0431. The summed E-state index contributed by atoms with van der Waals surface area (Å²) >= 11 is 0. The molecule has 0 atom stereocenters. The van der Waals surface area contributed by atoms with Gasteiger partial charge in [-0.15, -0.1) is 0 Å². The summed E-state index contributed by atoms with van der Waals surface area (Å²) in [7, 11) is 1.47. The molecule has 30 heavy (non-hydrogen) atoms. The number of para-hydroxylation sites is 1. The summed E-state index contributed by atoms with van der Waals surface area (Å²) in [6, 6.07) is 13.7. The number of hydrogen-bond acceptors (Lipinski definition) is 7. The molecule has 4 aromatic rings. The smallest absolute Gasteiger partial charge is 0.374 e. The molecule has 0 aliphatic rings. The fourth-order valence-corrected chi connectivity index (χ4v) is 3.26. The lowest BCUT2D eigenvalue weighted by Gasteiger charge is -2.09. The average molecular weight is 406 g/mol. The van der Waals surface area contributed by atoms with Crippen molar-refractivity contribution in [3.63, 3.8) is 0 Å².